The molecule has 1 saturated heterocycles. The molecule has 1 N–H and O–H groups in total. The molecule has 2 aromatic rings. The highest BCUT2D eigenvalue weighted by Crippen LogP contribution is 2.32. The van der Waals surface area contributed by atoms with Gasteiger partial charge in [-0.1, -0.05) is 0 Å². The van der Waals surface area contributed by atoms with E-state index in [1.807, 2.05) is 0 Å². The number of halogens is 3. The topological polar surface area (TPSA) is 72.3 Å². The van der Waals surface area contributed by atoms with Gasteiger partial charge in [-0.3, -0.25) is 10.2 Å². The maximum Gasteiger partial charge on any atom is 0.416 e. The molecule has 0 radical (unpaired) electrons. The van der Waals surface area contributed by atoms with Crippen LogP contribution in [-0.2, 0) is 15.7 Å². The standard InChI is InChI=1S/C17H18F3N5O2/c1-12-8-13(10-14(9-12)17(18,19)20)16-21-11-25(23-16)3-2-15(26)22-24-4-6-27-7-5-24/h2-3,8-11H,4-7H2,1H3,(H,22,26)/b3-2-. The van der Waals surface area contributed by atoms with Gasteiger partial charge in [-0.25, -0.2) is 14.7 Å². The van der Waals surface area contributed by atoms with Crippen molar-refractivity contribution in [2.24, 2.45) is 0 Å². The Labute approximate surface area is 153 Å². The Morgan fingerprint density at radius 3 is 2.70 bits per heavy atom. The van der Waals surface area contributed by atoms with Crippen molar-refractivity contribution in [1.82, 2.24) is 25.2 Å². The Kier molecular flexibility index (Phi) is 5.57. The van der Waals surface area contributed by atoms with Crippen LogP contribution >= 0.6 is 0 Å². The third-order valence-electron chi connectivity index (χ3n) is 3.83. The van der Waals surface area contributed by atoms with Gasteiger partial charge in [0.15, 0.2) is 5.82 Å². The first-order chi connectivity index (χ1) is 12.8. The van der Waals surface area contributed by atoms with E-state index in [0.717, 1.165) is 12.1 Å². The maximum absolute atomic E-state index is 13.0. The van der Waals surface area contributed by atoms with Gasteiger partial charge < -0.3 is 4.74 Å². The number of hydrazine groups is 1. The number of amides is 1. The zero-order chi connectivity index (χ0) is 19.4. The summed E-state index contributed by atoms with van der Waals surface area (Å²) in [5, 5.41) is 5.85. The summed E-state index contributed by atoms with van der Waals surface area (Å²) in [7, 11) is 0. The van der Waals surface area contributed by atoms with Crippen LogP contribution in [0.4, 0.5) is 13.2 Å². The number of morpholine rings is 1. The fourth-order valence-electron chi connectivity index (χ4n) is 2.57. The minimum atomic E-state index is -4.44. The molecule has 0 atom stereocenters. The molecule has 144 valence electrons. The molecule has 0 spiro atoms. The minimum Gasteiger partial charge on any atom is -0.379 e. The van der Waals surface area contributed by atoms with Crippen molar-refractivity contribution in [3.05, 3.63) is 41.7 Å². The van der Waals surface area contributed by atoms with E-state index in [1.54, 1.807) is 18.0 Å². The number of hydrogen-bond acceptors (Lipinski definition) is 5. The van der Waals surface area contributed by atoms with E-state index in [0.29, 0.717) is 31.9 Å². The first kappa shape index (κ1) is 19.1. The minimum absolute atomic E-state index is 0.141. The largest absolute Gasteiger partial charge is 0.416 e. The number of rotatable bonds is 4. The van der Waals surface area contributed by atoms with Crippen molar-refractivity contribution in [3.63, 3.8) is 0 Å². The van der Waals surface area contributed by atoms with Crippen LogP contribution in [0.1, 0.15) is 11.1 Å². The van der Waals surface area contributed by atoms with E-state index >= 15 is 0 Å². The van der Waals surface area contributed by atoms with E-state index < -0.39 is 11.7 Å². The first-order valence-electron chi connectivity index (χ1n) is 8.23. The summed E-state index contributed by atoms with van der Waals surface area (Å²) in [6.45, 7) is 3.87. The molecule has 10 heteroatoms. The lowest BCUT2D eigenvalue weighted by atomic mass is 10.1. The molecule has 1 fully saturated rings. The zero-order valence-electron chi connectivity index (χ0n) is 14.5. The Bertz CT molecular complexity index is 841. The third kappa shape index (κ3) is 5.14. The zero-order valence-corrected chi connectivity index (χ0v) is 14.5. The predicted octanol–water partition coefficient (Wildman–Crippen LogP) is 2.11. The fraction of sp³-hybridized carbons (Fsp3) is 0.353. The van der Waals surface area contributed by atoms with Gasteiger partial charge in [0.2, 0.25) is 0 Å². The molecule has 0 aliphatic carbocycles. The Hall–Kier alpha value is -2.72. The first-order valence-corrected chi connectivity index (χ1v) is 8.23. The Morgan fingerprint density at radius 2 is 2.00 bits per heavy atom. The number of ether oxygens (including phenoxy) is 1. The van der Waals surface area contributed by atoms with Crippen LogP contribution in [0.2, 0.25) is 0 Å². The lowest BCUT2D eigenvalue weighted by Gasteiger charge is -2.26. The highest BCUT2D eigenvalue weighted by Gasteiger charge is 2.31. The second-order valence-electron chi connectivity index (χ2n) is 6.02. The number of carbonyl (C=O) groups excluding carboxylic acids is 1. The van der Waals surface area contributed by atoms with E-state index in [2.05, 4.69) is 15.5 Å². The van der Waals surface area contributed by atoms with Gasteiger partial charge in [0.05, 0.1) is 18.8 Å². The van der Waals surface area contributed by atoms with Crippen LogP contribution in [0, 0.1) is 6.92 Å². The normalized spacial score (nSPS) is 16.0. The molecule has 1 aliphatic rings. The van der Waals surface area contributed by atoms with E-state index in [9.17, 15) is 18.0 Å². The summed E-state index contributed by atoms with van der Waals surface area (Å²) in [6.07, 6.45) is -0.470. The highest BCUT2D eigenvalue weighted by atomic mass is 19.4. The molecule has 7 nitrogen and oxygen atoms in total. The van der Waals surface area contributed by atoms with Crippen LogP contribution in [0.5, 0.6) is 0 Å². The number of nitrogens with zero attached hydrogens (tertiary/aromatic N) is 4. The molecule has 0 bridgehead atoms. The van der Waals surface area contributed by atoms with Crippen molar-refractivity contribution in [1.29, 1.82) is 0 Å². The van der Waals surface area contributed by atoms with Crippen molar-refractivity contribution in [3.8, 4) is 11.4 Å². The summed E-state index contributed by atoms with van der Waals surface area (Å²) >= 11 is 0. The van der Waals surface area contributed by atoms with Gasteiger partial charge >= 0.3 is 6.18 Å². The number of aryl methyl sites for hydroxylation is 1. The lowest BCUT2D eigenvalue weighted by molar-refractivity contribution is -0.137. The van der Waals surface area contributed by atoms with Gasteiger partial charge in [-0.2, -0.15) is 13.2 Å². The van der Waals surface area contributed by atoms with E-state index in [1.165, 1.54) is 23.3 Å². The molecule has 1 aromatic carbocycles. The fourth-order valence-corrected chi connectivity index (χ4v) is 2.57. The Balaban J connectivity index is 1.69. The summed E-state index contributed by atoms with van der Waals surface area (Å²) in [4.78, 5) is 15.9. The maximum atomic E-state index is 13.0. The van der Waals surface area contributed by atoms with E-state index in [-0.39, 0.29) is 17.3 Å². The second-order valence-corrected chi connectivity index (χ2v) is 6.02. The van der Waals surface area contributed by atoms with Gasteiger partial charge in [0.25, 0.3) is 5.91 Å². The monoisotopic (exact) mass is 381 g/mol. The molecule has 0 saturated carbocycles. The van der Waals surface area contributed by atoms with Gasteiger partial charge in [0.1, 0.15) is 6.33 Å². The van der Waals surface area contributed by atoms with Crippen molar-refractivity contribution >= 4 is 12.1 Å². The van der Waals surface area contributed by atoms with Crippen LogP contribution in [0.3, 0.4) is 0 Å². The van der Waals surface area contributed by atoms with Crippen LogP contribution in [-0.4, -0.2) is 52.0 Å². The number of benzene rings is 1. The molecular weight excluding hydrogens is 363 g/mol. The number of hydrogen-bond donors (Lipinski definition) is 1. The summed E-state index contributed by atoms with van der Waals surface area (Å²) in [5.74, 6) is -0.202. The van der Waals surface area contributed by atoms with Crippen LogP contribution < -0.4 is 5.43 Å². The van der Waals surface area contributed by atoms with Crippen LogP contribution in [0.25, 0.3) is 17.6 Å². The van der Waals surface area contributed by atoms with Crippen molar-refractivity contribution in [2.75, 3.05) is 26.3 Å². The molecule has 0 unspecified atom stereocenters. The molecule has 1 aromatic heterocycles. The second kappa shape index (κ2) is 7.89. The molecule has 27 heavy (non-hydrogen) atoms. The van der Waals surface area contributed by atoms with Gasteiger partial charge in [-0.05, 0) is 30.7 Å². The molecule has 1 amide bonds. The molecule has 3 rings (SSSR count). The van der Waals surface area contributed by atoms with E-state index in [4.69, 9.17) is 4.74 Å². The lowest BCUT2D eigenvalue weighted by Crippen LogP contribution is -2.47. The average molecular weight is 381 g/mol. The summed E-state index contributed by atoms with van der Waals surface area (Å²) < 4.78 is 45.3. The van der Waals surface area contributed by atoms with Crippen molar-refractivity contribution in [2.45, 2.75) is 13.1 Å². The molecule has 1 aliphatic heterocycles. The predicted molar refractivity (Wildman–Crippen MR) is 91.1 cm³/mol. The van der Waals surface area contributed by atoms with Gasteiger partial charge in [-0.15, -0.1) is 5.10 Å². The highest BCUT2D eigenvalue weighted by molar-refractivity contribution is 5.89. The third-order valence-corrected chi connectivity index (χ3v) is 3.83. The van der Waals surface area contributed by atoms with Crippen molar-refractivity contribution < 1.29 is 22.7 Å². The number of alkyl halides is 3. The molecular formula is C17H18F3N5O2. The van der Waals surface area contributed by atoms with Crippen LogP contribution in [0.15, 0.2) is 30.6 Å². The smallest absolute Gasteiger partial charge is 0.379 e. The summed E-state index contributed by atoms with van der Waals surface area (Å²) in [5.41, 5.74) is 2.66. The van der Waals surface area contributed by atoms with Gasteiger partial charge in [0, 0.05) is 30.9 Å². The number of nitrogens with one attached hydrogen (secondary N) is 1. The SMILES string of the molecule is Cc1cc(-c2ncn(/C=C\C(=O)NN3CCOCC3)n2)cc(C(F)(F)F)c1. The average Bonchev–Trinajstić information content (AvgIpc) is 3.09. The summed E-state index contributed by atoms with van der Waals surface area (Å²) in [6, 6.07) is 3.64. The Morgan fingerprint density at radius 1 is 1.26 bits per heavy atom. The quantitative estimate of drug-likeness (QED) is 0.822. The number of carbonyl (C=O) groups is 1. The number of aromatic nitrogens is 3. The molecule has 2 heterocycles.